The zero-order valence-corrected chi connectivity index (χ0v) is 13.9. The molecule has 6 heteroatoms. The number of fused-ring (bicyclic) bond motifs is 1. The van der Waals surface area contributed by atoms with Crippen molar-refractivity contribution in [3.8, 4) is 0 Å². The van der Waals surface area contributed by atoms with Gasteiger partial charge in [0.25, 0.3) is 0 Å². The van der Waals surface area contributed by atoms with Crippen LogP contribution in [0, 0.1) is 4.77 Å². The fourth-order valence-electron chi connectivity index (χ4n) is 3.36. The highest BCUT2D eigenvalue weighted by atomic mass is 32.1. The molecule has 0 radical (unpaired) electrons. The number of rotatable bonds is 6. The lowest BCUT2D eigenvalue weighted by Gasteiger charge is -2.14. The number of aromatic nitrogens is 4. The smallest absolute Gasteiger partial charge is 0.179 e. The fourth-order valence-corrected chi connectivity index (χ4v) is 3.64. The van der Waals surface area contributed by atoms with E-state index >= 15 is 0 Å². The Morgan fingerprint density at radius 3 is 2.71 bits per heavy atom. The molecule has 0 spiro atoms. The second-order valence-electron chi connectivity index (χ2n) is 6.00. The van der Waals surface area contributed by atoms with Gasteiger partial charge in [0.05, 0.1) is 5.69 Å². The van der Waals surface area contributed by atoms with E-state index in [4.69, 9.17) is 12.2 Å². The van der Waals surface area contributed by atoms with Crippen LogP contribution >= 0.6 is 12.2 Å². The maximum Gasteiger partial charge on any atom is 0.179 e. The van der Waals surface area contributed by atoms with E-state index in [1.807, 2.05) is 11.7 Å². The van der Waals surface area contributed by atoms with Gasteiger partial charge < -0.3 is 14.5 Å². The lowest BCUT2D eigenvalue weighted by molar-refractivity contribution is 0.325. The van der Waals surface area contributed by atoms with Crippen LogP contribution < -0.4 is 0 Å². The summed E-state index contributed by atoms with van der Waals surface area (Å²) < 4.78 is 5.02. The maximum atomic E-state index is 5.51. The molecular weight excluding hydrogens is 282 g/mol. The van der Waals surface area contributed by atoms with Gasteiger partial charge in [0.15, 0.2) is 10.4 Å². The molecule has 0 saturated carbocycles. The first-order valence-electron chi connectivity index (χ1n) is 8.07. The molecule has 3 rings (SSSR count). The molecule has 0 aliphatic carbocycles. The molecule has 5 nitrogen and oxygen atoms in total. The molecule has 2 aromatic rings. The Morgan fingerprint density at radius 1 is 1.24 bits per heavy atom. The molecule has 1 aliphatic heterocycles. The van der Waals surface area contributed by atoms with Crippen molar-refractivity contribution in [2.75, 3.05) is 19.6 Å². The second-order valence-corrected chi connectivity index (χ2v) is 6.39. The van der Waals surface area contributed by atoms with Gasteiger partial charge in [-0.3, -0.25) is 4.68 Å². The first-order valence-corrected chi connectivity index (χ1v) is 8.48. The largest absolute Gasteiger partial charge is 0.328 e. The summed E-state index contributed by atoms with van der Waals surface area (Å²) in [7, 11) is 2.01. The van der Waals surface area contributed by atoms with E-state index in [1.54, 1.807) is 0 Å². The van der Waals surface area contributed by atoms with Crippen LogP contribution in [0.3, 0.4) is 0 Å². The molecule has 1 N–H and O–H groups in total. The Bertz CT molecular complexity index is 659. The third kappa shape index (κ3) is 2.92. The molecule has 0 amide bonds. The number of imidazole rings is 1. The van der Waals surface area contributed by atoms with Crippen molar-refractivity contribution in [1.29, 1.82) is 0 Å². The minimum Gasteiger partial charge on any atom is -0.328 e. The molecule has 0 aromatic carbocycles. The summed E-state index contributed by atoms with van der Waals surface area (Å²) in [6.45, 7) is 6.86. The summed E-state index contributed by atoms with van der Waals surface area (Å²) in [6.07, 6.45) is 5.97. The van der Waals surface area contributed by atoms with Crippen LogP contribution in [0.4, 0.5) is 0 Å². The van der Waals surface area contributed by atoms with Crippen LogP contribution in [0.2, 0.25) is 0 Å². The number of aryl methyl sites for hydroxylation is 3. The zero-order valence-electron chi connectivity index (χ0n) is 13.1. The predicted molar refractivity (Wildman–Crippen MR) is 88.2 cm³/mol. The van der Waals surface area contributed by atoms with Gasteiger partial charge in [0, 0.05) is 13.6 Å². The molecule has 3 heterocycles. The molecule has 116 valence electrons. The lowest BCUT2D eigenvalue weighted by atomic mass is 10.2. The van der Waals surface area contributed by atoms with Gasteiger partial charge in [-0.15, -0.1) is 0 Å². The summed E-state index contributed by atoms with van der Waals surface area (Å²) >= 11 is 5.51. The highest BCUT2D eigenvalue weighted by molar-refractivity contribution is 7.71. The minimum absolute atomic E-state index is 0.830. The standard InChI is InChI=1S/C15H25N5S/c1-3-7-12-13-14(18(2)17-12)20(15(21)16-13)11-6-10-19-8-4-5-9-19/h3-11H2,1-2H3,(H,16,21). The lowest BCUT2D eigenvalue weighted by Crippen LogP contribution is -2.21. The number of aromatic amines is 1. The average Bonchev–Trinajstić information content (AvgIpc) is 3.13. The molecular formula is C15H25N5S. The van der Waals surface area contributed by atoms with Crippen molar-refractivity contribution in [2.45, 2.75) is 45.6 Å². The number of nitrogens with one attached hydrogen (secondary N) is 1. The van der Waals surface area contributed by atoms with Gasteiger partial charge in [0.1, 0.15) is 5.52 Å². The Morgan fingerprint density at radius 2 is 2.00 bits per heavy atom. The molecule has 21 heavy (non-hydrogen) atoms. The normalized spacial score (nSPS) is 16.3. The van der Waals surface area contributed by atoms with Gasteiger partial charge >= 0.3 is 0 Å². The third-order valence-corrected chi connectivity index (χ3v) is 4.69. The summed E-state index contributed by atoms with van der Waals surface area (Å²) in [5.41, 5.74) is 3.41. The van der Waals surface area contributed by atoms with Crippen molar-refractivity contribution < 1.29 is 0 Å². The Labute approximate surface area is 130 Å². The van der Waals surface area contributed by atoms with E-state index in [2.05, 4.69) is 26.5 Å². The van der Waals surface area contributed by atoms with Crippen molar-refractivity contribution >= 4 is 23.4 Å². The fraction of sp³-hybridized carbons (Fsp3) is 0.733. The minimum atomic E-state index is 0.830. The van der Waals surface area contributed by atoms with E-state index < -0.39 is 0 Å². The van der Waals surface area contributed by atoms with Gasteiger partial charge in [-0.25, -0.2) is 0 Å². The molecule has 1 saturated heterocycles. The number of hydrogen-bond acceptors (Lipinski definition) is 3. The van der Waals surface area contributed by atoms with Crippen LogP contribution in [0.1, 0.15) is 38.3 Å². The van der Waals surface area contributed by atoms with Gasteiger partial charge in [0.2, 0.25) is 0 Å². The van der Waals surface area contributed by atoms with Crippen LogP contribution in [-0.4, -0.2) is 43.9 Å². The summed E-state index contributed by atoms with van der Waals surface area (Å²) in [4.78, 5) is 5.92. The van der Waals surface area contributed by atoms with Gasteiger partial charge in [-0.1, -0.05) is 13.3 Å². The highest BCUT2D eigenvalue weighted by Gasteiger charge is 2.15. The van der Waals surface area contributed by atoms with Crippen LogP contribution in [0.15, 0.2) is 0 Å². The third-order valence-electron chi connectivity index (χ3n) is 4.36. The van der Waals surface area contributed by atoms with Crippen LogP contribution in [0.25, 0.3) is 11.2 Å². The molecule has 1 fully saturated rings. The molecule has 0 bridgehead atoms. The van der Waals surface area contributed by atoms with E-state index in [0.29, 0.717) is 0 Å². The topological polar surface area (TPSA) is 41.8 Å². The summed E-state index contributed by atoms with van der Waals surface area (Å²) in [5.74, 6) is 0. The quantitative estimate of drug-likeness (QED) is 0.834. The van der Waals surface area contributed by atoms with Crippen LogP contribution in [0.5, 0.6) is 0 Å². The van der Waals surface area contributed by atoms with E-state index in [0.717, 1.165) is 47.4 Å². The van der Waals surface area contributed by atoms with Crippen LogP contribution in [-0.2, 0) is 20.0 Å². The average molecular weight is 307 g/mol. The van der Waals surface area contributed by atoms with Crippen molar-refractivity contribution in [1.82, 2.24) is 24.2 Å². The Kier molecular flexibility index (Phi) is 4.45. The number of nitrogens with zero attached hydrogens (tertiary/aromatic N) is 4. The van der Waals surface area contributed by atoms with Crippen molar-refractivity contribution in [2.24, 2.45) is 7.05 Å². The summed E-state index contributed by atoms with van der Waals surface area (Å²) in [5, 5.41) is 4.63. The van der Waals surface area contributed by atoms with Gasteiger partial charge in [-0.2, -0.15) is 5.10 Å². The maximum absolute atomic E-state index is 5.51. The summed E-state index contributed by atoms with van der Waals surface area (Å²) in [6, 6.07) is 0. The molecule has 0 atom stereocenters. The number of likely N-dealkylation sites (tertiary alicyclic amines) is 1. The number of H-pyrrole nitrogens is 1. The van der Waals surface area contributed by atoms with E-state index in [-0.39, 0.29) is 0 Å². The Hall–Kier alpha value is -1.14. The molecule has 1 aliphatic rings. The zero-order chi connectivity index (χ0) is 14.8. The van der Waals surface area contributed by atoms with Crippen molar-refractivity contribution in [3.63, 3.8) is 0 Å². The van der Waals surface area contributed by atoms with Gasteiger partial charge in [-0.05, 0) is 57.5 Å². The predicted octanol–water partition coefficient (Wildman–Crippen LogP) is 2.87. The first-order chi connectivity index (χ1) is 10.2. The van der Waals surface area contributed by atoms with E-state index in [1.165, 1.54) is 32.5 Å². The monoisotopic (exact) mass is 307 g/mol. The number of hydrogen-bond donors (Lipinski definition) is 1. The van der Waals surface area contributed by atoms with E-state index in [9.17, 15) is 0 Å². The first kappa shape index (κ1) is 14.8. The SMILES string of the molecule is CCCc1nn(C)c2c1[nH]c(=S)n2CCCN1CCCC1. The molecule has 0 unspecified atom stereocenters. The Balaban J connectivity index is 1.77. The highest BCUT2D eigenvalue weighted by Crippen LogP contribution is 2.19. The second kappa shape index (κ2) is 6.32. The molecule has 2 aromatic heterocycles. The van der Waals surface area contributed by atoms with Crippen molar-refractivity contribution in [3.05, 3.63) is 10.5 Å².